The molecule has 0 bridgehead atoms. The Labute approximate surface area is 195 Å². The van der Waals surface area contributed by atoms with Gasteiger partial charge in [-0.3, -0.25) is 0 Å². The van der Waals surface area contributed by atoms with E-state index in [0.29, 0.717) is 25.8 Å². The number of rotatable bonds is 6. The van der Waals surface area contributed by atoms with E-state index in [9.17, 15) is 18.0 Å². The van der Waals surface area contributed by atoms with Crippen LogP contribution < -0.4 is 10.6 Å². The SMILES string of the molecule is CC(C)(C)OC(=O)NCCc1nc2cnc3[nH]ccc3c2n1C1CCC(NCC(F)(F)F)CC1. The molecule has 0 spiro atoms. The van der Waals surface area contributed by atoms with Crippen molar-refractivity contribution in [1.29, 1.82) is 0 Å². The molecule has 0 aliphatic heterocycles. The molecule has 1 fully saturated rings. The summed E-state index contributed by atoms with van der Waals surface area (Å²) in [6, 6.07) is 1.91. The number of alkyl halides is 3. The Bertz CT molecular complexity index is 1140. The monoisotopic (exact) mass is 480 g/mol. The smallest absolute Gasteiger partial charge is 0.407 e. The Morgan fingerprint density at radius 2 is 1.97 bits per heavy atom. The Morgan fingerprint density at radius 1 is 1.24 bits per heavy atom. The number of aromatic amines is 1. The van der Waals surface area contributed by atoms with Crippen LogP contribution in [0.2, 0.25) is 0 Å². The van der Waals surface area contributed by atoms with Crippen LogP contribution in [-0.2, 0) is 11.2 Å². The van der Waals surface area contributed by atoms with Crippen LogP contribution in [0.25, 0.3) is 22.1 Å². The summed E-state index contributed by atoms with van der Waals surface area (Å²) < 4.78 is 45.3. The quantitative estimate of drug-likeness (QED) is 0.479. The summed E-state index contributed by atoms with van der Waals surface area (Å²) >= 11 is 0. The van der Waals surface area contributed by atoms with Crippen molar-refractivity contribution < 1.29 is 22.7 Å². The minimum Gasteiger partial charge on any atom is -0.444 e. The lowest BCUT2D eigenvalue weighted by molar-refractivity contribution is -0.126. The summed E-state index contributed by atoms with van der Waals surface area (Å²) in [7, 11) is 0. The van der Waals surface area contributed by atoms with Crippen LogP contribution in [-0.4, -0.2) is 56.5 Å². The maximum absolute atomic E-state index is 12.6. The summed E-state index contributed by atoms with van der Waals surface area (Å²) in [5.41, 5.74) is 1.90. The number of carbonyl (C=O) groups excluding carboxylic acids is 1. The number of H-pyrrole nitrogens is 1. The van der Waals surface area contributed by atoms with E-state index in [-0.39, 0.29) is 12.1 Å². The largest absolute Gasteiger partial charge is 0.444 e. The van der Waals surface area contributed by atoms with Gasteiger partial charge in [-0.2, -0.15) is 13.2 Å². The average molecular weight is 481 g/mol. The van der Waals surface area contributed by atoms with E-state index in [4.69, 9.17) is 9.72 Å². The number of imidazole rings is 1. The number of alkyl carbamates (subject to hydrolysis) is 1. The summed E-state index contributed by atoms with van der Waals surface area (Å²) in [5, 5.41) is 6.38. The molecule has 0 atom stereocenters. The molecule has 186 valence electrons. The number of halogens is 3. The maximum Gasteiger partial charge on any atom is 0.407 e. The first-order chi connectivity index (χ1) is 16.0. The first-order valence-electron chi connectivity index (χ1n) is 11.6. The van der Waals surface area contributed by atoms with Crippen molar-refractivity contribution in [2.75, 3.05) is 13.1 Å². The van der Waals surface area contributed by atoms with E-state index in [1.54, 1.807) is 27.0 Å². The molecule has 4 rings (SSSR count). The van der Waals surface area contributed by atoms with Gasteiger partial charge in [0, 0.05) is 36.6 Å². The molecule has 3 N–H and O–H groups in total. The zero-order valence-corrected chi connectivity index (χ0v) is 19.6. The molecule has 3 heterocycles. The molecular weight excluding hydrogens is 449 g/mol. The Balaban J connectivity index is 1.53. The molecule has 8 nitrogen and oxygen atoms in total. The van der Waals surface area contributed by atoms with Crippen molar-refractivity contribution in [3.8, 4) is 0 Å². The third-order valence-electron chi connectivity index (χ3n) is 5.98. The average Bonchev–Trinajstić information content (AvgIpc) is 3.34. The van der Waals surface area contributed by atoms with Crippen molar-refractivity contribution >= 4 is 28.2 Å². The second kappa shape index (κ2) is 9.44. The fourth-order valence-corrected chi connectivity index (χ4v) is 4.60. The van der Waals surface area contributed by atoms with Gasteiger partial charge in [-0.15, -0.1) is 0 Å². The van der Waals surface area contributed by atoms with Gasteiger partial charge in [0.2, 0.25) is 0 Å². The molecule has 11 heteroatoms. The second-order valence-corrected chi connectivity index (χ2v) is 9.81. The van der Waals surface area contributed by atoms with Crippen LogP contribution in [0.1, 0.15) is 58.3 Å². The molecule has 0 saturated heterocycles. The van der Waals surface area contributed by atoms with Crippen LogP contribution in [0.3, 0.4) is 0 Å². The van der Waals surface area contributed by atoms with Gasteiger partial charge in [0.05, 0.1) is 18.3 Å². The predicted molar refractivity (Wildman–Crippen MR) is 123 cm³/mol. The lowest BCUT2D eigenvalue weighted by Crippen LogP contribution is -2.39. The van der Waals surface area contributed by atoms with Gasteiger partial charge in [-0.1, -0.05) is 0 Å². The summed E-state index contributed by atoms with van der Waals surface area (Å²) in [6.07, 6.45) is 2.13. The Morgan fingerprint density at radius 3 is 2.65 bits per heavy atom. The van der Waals surface area contributed by atoms with Gasteiger partial charge < -0.3 is 24.9 Å². The number of amides is 1. The molecule has 1 saturated carbocycles. The van der Waals surface area contributed by atoms with Gasteiger partial charge in [-0.25, -0.2) is 14.8 Å². The molecule has 0 unspecified atom stereocenters. The van der Waals surface area contributed by atoms with Crippen molar-refractivity contribution in [2.24, 2.45) is 0 Å². The predicted octanol–water partition coefficient (Wildman–Crippen LogP) is 4.62. The van der Waals surface area contributed by atoms with Crippen LogP contribution >= 0.6 is 0 Å². The molecule has 1 aliphatic carbocycles. The highest BCUT2D eigenvalue weighted by atomic mass is 19.4. The lowest BCUT2D eigenvalue weighted by Gasteiger charge is -2.31. The van der Waals surface area contributed by atoms with Gasteiger partial charge >= 0.3 is 12.3 Å². The summed E-state index contributed by atoms with van der Waals surface area (Å²) in [6.45, 7) is 4.81. The Kier molecular flexibility index (Phi) is 6.75. The van der Waals surface area contributed by atoms with Crippen LogP contribution in [0, 0.1) is 0 Å². The number of aromatic nitrogens is 4. The number of nitrogens with zero attached hydrogens (tertiary/aromatic N) is 3. The number of hydrogen-bond acceptors (Lipinski definition) is 5. The lowest BCUT2D eigenvalue weighted by atomic mass is 9.90. The fraction of sp³-hybridized carbons (Fsp3) is 0.609. The van der Waals surface area contributed by atoms with Gasteiger partial charge in [0.1, 0.15) is 22.6 Å². The number of fused-ring (bicyclic) bond motifs is 3. The number of hydrogen-bond donors (Lipinski definition) is 3. The van der Waals surface area contributed by atoms with Gasteiger partial charge in [0.25, 0.3) is 0 Å². The number of nitrogens with one attached hydrogen (secondary N) is 3. The highest BCUT2D eigenvalue weighted by Crippen LogP contribution is 2.35. The minimum atomic E-state index is -4.21. The van der Waals surface area contributed by atoms with Crippen LogP contribution in [0.5, 0.6) is 0 Å². The summed E-state index contributed by atoms with van der Waals surface area (Å²) in [5.74, 6) is 0.813. The van der Waals surface area contributed by atoms with Crippen molar-refractivity contribution in [1.82, 2.24) is 30.2 Å². The molecule has 1 amide bonds. The number of ether oxygens (including phenoxy) is 1. The van der Waals surface area contributed by atoms with E-state index in [0.717, 1.165) is 40.7 Å². The second-order valence-electron chi connectivity index (χ2n) is 9.81. The topological polar surface area (TPSA) is 96.9 Å². The standard InChI is InChI=1S/C23H31F3N6O2/c1-22(2,3)34-21(33)28-11-9-18-31-17-12-29-20-16(8-10-27-20)19(17)32(18)15-6-4-14(5-7-15)30-13-23(24,25)26/h8,10,12,14-15,30H,4-7,9,11,13H2,1-3H3,(H,27,29)(H,28,33). The molecule has 34 heavy (non-hydrogen) atoms. The first kappa shape index (κ1) is 24.3. The fourth-order valence-electron chi connectivity index (χ4n) is 4.60. The highest BCUT2D eigenvalue weighted by molar-refractivity contribution is 6.01. The van der Waals surface area contributed by atoms with E-state index < -0.39 is 24.4 Å². The van der Waals surface area contributed by atoms with Gasteiger partial charge in [0.15, 0.2) is 0 Å². The van der Waals surface area contributed by atoms with E-state index >= 15 is 0 Å². The molecule has 0 aromatic carbocycles. The van der Waals surface area contributed by atoms with E-state index in [2.05, 4.69) is 25.2 Å². The molecule has 0 radical (unpaired) electrons. The molecule has 3 aromatic rings. The highest BCUT2D eigenvalue weighted by Gasteiger charge is 2.31. The maximum atomic E-state index is 12.6. The van der Waals surface area contributed by atoms with E-state index in [1.807, 2.05) is 12.3 Å². The zero-order chi connectivity index (χ0) is 24.5. The Hall–Kier alpha value is -2.82. The van der Waals surface area contributed by atoms with Crippen LogP contribution in [0.4, 0.5) is 18.0 Å². The molecular formula is C23H31F3N6O2. The zero-order valence-electron chi connectivity index (χ0n) is 19.6. The number of carbonyl (C=O) groups is 1. The normalized spacial score (nSPS) is 19.6. The summed E-state index contributed by atoms with van der Waals surface area (Å²) in [4.78, 5) is 24.4. The van der Waals surface area contributed by atoms with Crippen molar-refractivity contribution in [2.45, 2.75) is 76.7 Å². The third-order valence-corrected chi connectivity index (χ3v) is 5.98. The third kappa shape index (κ3) is 5.81. The minimum absolute atomic E-state index is 0.103. The molecule has 3 aromatic heterocycles. The number of pyridine rings is 1. The van der Waals surface area contributed by atoms with E-state index in [1.165, 1.54) is 0 Å². The van der Waals surface area contributed by atoms with Crippen LogP contribution in [0.15, 0.2) is 18.5 Å². The first-order valence-corrected chi connectivity index (χ1v) is 11.6. The molecule has 1 aliphatic rings. The van der Waals surface area contributed by atoms with Gasteiger partial charge in [-0.05, 0) is 52.5 Å². The van der Waals surface area contributed by atoms with Crippen molar-refractivity contribution in [3.05, 3.63) is 24.3 Å². The van der Waals surface area contributed by atoms with Crippen molar-refractivity contribution in [3.63, 3.8) is 0 Å².